The van der Waals surface area contributed by atoms with Crippen molar-refractivity contribution in [2.75, 3.05) is 20.8 Å². The zero-order valence-corrected chi connectivity index (χ0v) is 16.7. The fraction of sp³-hybridized carbons (Fsp3) is 0.350. The molecule has 1 fully saturated rings. The fourth-order valence-electron chi connectivity index (χ4n) is 3.49. The summed E-state index contributed by atoms with van der Waals surface area (Å²) in [6, 6.07) is 13.9. The van der Waals surface area contributed by atoms with Crippen molar-refractivity contribution >= 4 is 15.9 Å². The Kier molecular flexibility index (Phi) is 6.33. The Balaban J connectivity index is 1.73. The number of nitrogens with zero attached hydrogens (tertiary/aromatic N) is 1. The lowest BCUT2D eigenvalue weighted by molar-refractivity contribution is 0.0736. The van der Waals surface area contributed by atoms with E-state index in [1.165, 1.54) is 31.4 Å². The van der Waals surface area contributed by atoms with E-state index in [2.05, 4.69) is 4.84 Å². The highest BCUT2D eigenvalue weighted by molar-refractivity contribution is 7.89. The Morgan fingerprint density at radius 2 is 1.93 bits per heavy atom. The summed E-state index contributed by atoms with van der Waals surface area (Å²) in [6.07, 6.45) is 2.64. The summed E-state index contributed by atoms with van der Waals surface area (Å²) < 4.78 is 29.1. The number of carbonyl (C=O) groups excluding carboxylic acids is 1. The molecular formula is C20H24N2O5S. The fourth-order valence-corrected chi connectivity index (χ4v) is 4.30. The van der Waals surface area contributed by atoms with Crippen LogP contribution in [0.4, 0.5) is 0 Å². The van der Waals surface area contributed by atoms with E-state index in [0.717, 1.165) is 30.6 Å². The molecule has 7 nitrogen and oxygen atoms in total. The zero-order chi connectivity index (χ0) is 20.1. The second kappa shape index (κ2) is 8.72. The molecule has 3 rings (SSSR count). The minimum Gasteiger partial charge on any atom is -0.497 e. The number of sulfonamides is 1. The van der Waals surface area contributed by atoms with Crippen molar-refractivity contribution in [1.29, 1.82) is 0 Å². The summed E-state index contributed by atoms with van der Waals surface area (Å²) in [5, 5.41) is 0. The van der Waals surface area contributed by atoms with Crippen LogP contribution in [0, 0.1) is 0 Å². The number of hydrogen-bond donors (Lipinski definition) is 1. The molecule has 1 aliphatic heterocycles. The van der Waals surface area contributed by atoms with Crippen LogP contribution in [-0.4, -0.2) is 46.0 Å². The second-order valence-electron chi connectivity index (χ2n) is 6.67. The molecule has 2 aromatic rings. The van der Waals surface area contributed by atoms with Gasteiger partial charge in [-0.05, 0) is 61.2 Å². The van der Waals surface area contributed by atoms with Crippen molar-refractivity contribution < 1.29 is 22.8 Å². The van der Waals surface area contributed by atoms with E-state index in [1.54, 1.807) is 7.11 Å². The number of benzene rings is 2. The van der Waals surface area contributed by atoms with Gasteiger partial charge in [0.25, 0.3) is 15.9 Å². The number of likely N-dealkylation sites (tertiary alicyclic amines) is 1. The molecule has 1 aliphatic rings. The van der Waals surface area contributed by atoms with Gasteiger partial charge in [-0.2, -0.15) is 0 Å². The molecule has 1 unspecified atom stereocenters. The number of hydrogen-bond acceptors (Lipinski definition) is 5. The van der Waals surface area contributed by atoms with Crippen LogP contribution in [0.2, 0.25) is 0 Å². The molecule has 0 radical (unpaired) electrons. The number of carbonyl (C=O) groups is 1. The normalized spacial score (nSPS) is 16.9. The largest absolute Gasteiger partial charge is 0.497 e. The first-order chi connectivity index (χ1) is 13.4. The van der Waals surface area contributed by atoms with Gasteiger partial charge >= 0.3 is 0 Å². The SMILES string of the molecule is CONS(=O)(=O)c1ccc(C(=O)N2CCCC2Cc2cccc(OC)c2)cc1. The van der Waals surface area contributed by atoms with Gasteiger partial charge in [0.15, 0.2) is 0 Å². The molecule has 1 saturated heterocycles. The molecule has 0 spiro atoms. The Morgan fingerprint density at radius 3 is 2.61 bits per heavy atom. The Hall–Kier alpha value is -2.42. The summed E-state index contributed by atoms with van der Waals surface area (Å²) in [5.41, 5.74) is 1.59. The Labute approximate surface area is 165 Å². The molecule has 1 N–H and O–H groups in total. The van der Waals surface area contributed by atoms with Gasteiger partial charge in [0.05, 0.1) is 19.1 Å². The highest BCUT2D eigenvalue weighted by Gasteiger charge is 2.29. The molecule has 0 bridgehead atoms. The molecule has 1 amide bonds. The maximum Gasteiger partial charge on any atom is 0.262 e. The van der Waals surface area contributed by atoms with Gasteiger partial charge in [-0.15, -0.1) is 0 Å². The lowest BCUT2D eigenvalue weighted by Gasteiger charge is -2.25. The van der Waals surface area contributed by atoms with Gasteiger partial charge in [-0.3, -0.25) is 9.63 Å². The summed E-state index contributed by atoms with van der Waals surface area (Å²) >= 11 is 0. The minimum atomic E-state index is -3.74. The Morgan fingerprint density at radius 1 is 1.18 bits per heavy atom. The third kappa shape index (κ3) is 4.52. The molecular weight excluding hydrogens is 380 g/mol. The first-order valence-corrected chi connectivity index (χ1v) is 10.5. The van der Waals surface area contributed by atoms with Crippen LogP contribution in [-0.2, 0) is 21.3 Å². The molecule has 2 aromatic carbocycles. The van der Waals surface area contributed by atoms with Crippen molar-refractivity contribution in [1.82, 2.24) is 9.79 Å². The lowest BCUT2D eigenvalue weighted by atomic mass is 10.0. The van der Waals surface area contributed by atoms with Crippen LogP contribution < -0.4 is 9.62 Å². The van der Waals surface area contributed by atoms with E-state index in [-0.39, 0.29) is 16.8 Å². The highest BCUT2D eigenvalue weighted by atomic mass is 32.2. The van der Waals surface area contributed by atoms with E-state index in [9.17, 15) is 13.2 Å². The zero-order valence-electron chi connectivity index (χ0n) is 15.9. The van der Waals surface area contributed by atoms with Crippen molar-refractivity contribution in [2.24, 2.45) is 0 Å². The van der Waals surface area contributed by atoms with E-state index in [1.807, 2.05) is 34.1 Å². The number of methoxy groups -OCH3 is 1. The monoisotopic (exact) mass is 404 g/mol. The number of rotatable bonds is 7. The van der Waals surface area contributed by atoms with Crippen LogP contribution in [0.3, 0.4) is 0 Å². The van der Waals surface area contributed by atoms with Crippen molar-refractivity contribution in [3.8, 4) is 5.75 Å². The van der Waals surface area contributed by atoms with Gasteiger partial charge in [0.2, 0.25) is 0 Å². The summed E-state index contributed by atoms with van der Waals surface area (Å²) in [5.74, 6) is 0.712. The highest BCUT2D eigenvalue weighted by Crippen LogP contribution is 2.25. The standard InChI is InChI=1S/C20H24N2O5S/c1-26-18-7-3-5-15(14-18)13-17-6-4-12-22(17)20(23)16-8-10-19(11-9-16)28(24,25)21-27-2/h3,5,7-11,14,17,21H,4,6,12-13H2,1-2H3. The molecule has 1 atom stereocenters. The van der Waals surface area contributed by atoms with Gasteiger partial charge in [-0.1, -0.05) is 17.0 Å². The summed E-state index contributed by atoms with van der Waals surface area (Å²) in [4.78, 5) is 21.3. The van der Waals surface area contributed by atoms with Gasteiger partial charge in [0, 0.05) is 18.2 Å². The third-order valence-electron chi connectivity index (χ3n) is 4.85. The van der Waals surface area contributed by atoms with E-state index in [4.69, 9.17) is 4.74 Å². The quantitative estimate of drug-likeness (QED) is 0.716. The maximum atomic E-state index is 13.0. The predicted molar refractivity (Wildman–Crippen MR) is 105 cm³/mol. The van der Waals surface area contributed by atoms with Crippen molar-refractivity contribution in [3.05, 3.63) is 59.7 Å². The smallest absolute Gasteiger partial charge is 0.262 e. The second-order valence-corrected chi connectivity index (χ2v) is 8.31. The average Bonchev–Trinajstić information content (AvgIpc) is 3.15. The van der Waals surface area contributed by atoms with Crippen LogP contribution >= 0.6 is 0 Å². The minimum absolute atomic E-state index is 0.0419. The molecule has 150 valence electrons. The van der Waals surface area contributed by atoms with E-state index >= 15 is 0 Å². The van der Waals surface area contributed by atoms with Crippen LogP contribution in [0.5, 0.6) is 5.75 Å². The van der Waals surface area contributed by atoms with Crippen LogP contribution in [0.15, 0.2) is 53.4 Å². The molecule has 28 heavy (non-hydrogen) atoms. The summed E-state index contributed by atoms with van der Waals surface area (Å²) in [6.45, 7) is 0.693. The number of amides is 1. The molecule has 0 saturated carbocycles. The topological polar surface area (TPSA) is 84.9 Å². The number of ether oxygens (including phenoxy) is 1. The molecule has 0 aromatic heterocycles. The average molecular weight is 404 g/mol. The first-order valence-electron chi connectivity index (χ1n) is 9.03. The van der Waals surface area contributed by atoms with Crippen LogP contribution in [0.25, 0.3) is 0 Å². The van der Waals surface area contributed by atoms with Gasteiger partial charge in [0.1, 0.15) is 5.75 Å². The maximum absolute atomic E-state index is 13.0. The Bertz CT molecular complexity index is 928. The van der Waals surface area contributed by atoms with Gasteiger partial charge < -0.3 is 9.64 Å². The van der Waals surface area contributed by atoms with Gasteiger partial charge in [-0.25, -0.2) is 8.42 Å². The third-order valence-corrected chi connectivity index (χ3v) is 6.13. The van der Waals surface area contributed by atoms with Crippen molar-refractivity contribution in [2.45, 2.75) is 30.2 Å². The molecule has 1 heterocycles. The first kappa shape index (κ1) is 20.3. The predicted octanol–water partition coefficient (Wildman–Crippen LogP) is 2.38. The molecule has 0 aliphatic carbocycles. The van der Waals surface area contributed by atoms with E-state index < -0.39 is 10.0 Å². The van der Waals surface area contributed by atoms with Crippen molar-refractivity contribution in [3.63, 3.8) is 0 Å². The number of nitrogens with one attached hydrogen (secondary N) is 1. The molecule has 8 heteroatoms. The van der Waals surface area contributed by atoms with E-state index in [0.29, 0.717) is 12.1 Å². The van der Waals surface area contributed by atoms with Crippen LogP contribution in [0.1, 0.15) is 28.8 Å². The summed E-state index contributed by atoms with van der Waals surface area (Å²) in [7, 11) is -0.876. The lowest BCUT2D eigenvalue weighted by Crippen LogP contribution is -2.36.